The molecule has 0 saturated carbocycles. The van der Waals surface area contributed by atoms with Gasteiger partial charge in [-0.3, -0.25) is 9.69 Å². The molecule has 1 saturated heterocycles. The van der Waals surface area contributed by atoms with Crippen LogP contribution in [0, 0.1) is 0 Å². The maximum Gasteiger partial charge on any atom is 0.343 e. The molecule has 2 aromatic heterocycles. The Morgan fingerprint density at radius 2 is 2.03 bits per heavy atom. The van der Waals surface area contributed by atoms with E-state index in [2.05, 4.69) is 34.3 Å². The number of hydrogen-bond acceptors (Lipinski definition) is 8. The van der Waals surface area contributed by atoms with Gasteiger partial charge >= 0.3 is 5.97 Å². The van der Waals surface area contributed by atoms with Gasteiger partial charge in [-0.15, -0.1) is 0 Å². The number of esters is 1. The fourth-order valence-electron chi connectivity index (χ4n) is 4.84. The van der Waals surface area contributed by atoms with Gasteiger partial charge in [0, 0.05) is 43.8 Å². The first kappa shape index (κ1) is 23.4. The van der Waals surface area contributed by atoms with E-state index in [0.29, 0.717) is 18.1 Å². The molecular weight excluding hydrogens is 446 g/mol. The Bertz CT molecular complexity index is 1300. The molecule has 2 aliphatic rings. The van der Waals surface area contributed by atoms with Gasteiger partial charge in [-0.05, 0) is 56.4 Å². The van der Waals surface area contributed by atoms with Gasteiger partial charge in [-0.2, -0.15) is 4.98 Å². The fourth-order valence-corrected chi connectivity index (χ4v) is 4.84. The molecule has 0 spiro atoms. The zero-order valence-electron chi connectivity index (χ0n) is 20.2. The summed E-state index contributed by atoms with van der Waals surface area (Å²) in [5.74, 6) is -0.202. The molecular formula is C26H31N5O4. The number of morpholine rings is 1. The second kappa shape index (κ2) is 10.1. The predicted molar refractivity (Wildman–Crippen MR) is 133 cm³/mol. The lowest BCUT2D eigenvalue weighted by molar-refractivity contribution is 0.0227. The highest BCUT2D eigenvalue weighted by molar-refractivity contribution is 5.93. The number of benzene rings is 1. The zero-order chi connectivity index (χ0) is 24.4. The zero-order valence-corrected chi connectivity index (χ0v) is 20.2. The highest BCUT2D eigenvalue weighted by Crippen LogP contribution is 2.26. The Morgan fingerprint density at radius 3 is 2.83 bits per heavy atom. The number of anilines is 1. The normalized spacial score (nSPS) is 16.7. The van der Waals surface area contributed by atoms with Crippen LogP contribution in [0.15, 0.2) is 35.4 Å². The van der Waals surface area contributed by atoms with E-state index in [1.54, 1.807) is 17.7 Å². The number of carbonyl (C=O) groups excluding carboxylic acids is 1. The van der Waals surface area contributed by atoms with Crippen molar-refractivity contribution in [2.24, 2.45) is 0 Å². The van der Waals surface area contributed by atoms with Gasteiger partial charge < -0.3 is 19.4 Å². The Morgan fingerprint density at radius 1 is 1.23 bits per heavy atom. The number of carbonyl (C=O) groups is 1. The van der Waals surface area contributed by atoms with Gasteiger partial charge in [0.1, 0.15) is 5.56 Å². The van der Waals surface area contributed by atoms with E-state index in [1.165, 1.54) is 17.3 Å². The molecule has 1 aliphatic heterocycles. The van der Waals surface area contributed by atoms with E-state index in [4.69, 9.17) is 14.5 Å². The van der Waals surface area contributed by atoms with Crippen LogP contribution < -0.4 is 10.7 Å². The number of aryl methyl sites for hydroxylation is 2. The monoisotopic (exact) mass is 477 g/mol. The number of ether oxygens (including phenoxy) is 2. The van der Waals surface area contributed by atoms with Gasteiger partial charge in [0.05, 0.1) is 25.2 Å². The summed E-state index contributed by atoms with van der Waals surface area (Å²) in [6.45, 7) is 8.01. The van der Waals surface area contributed by atoms with E-state index in [1.807, 2.05) is 6.07 Å². The van der Waals surface area contributed by atoms with Gasteiger partial charge in [0.25, 0.3) is 0 Å². The minimum Gasteiger partial charge on any atom is -0.462 e. The molecule has 1 fully saturated rings. The van der Waals surface area contributed by atoms with Crippen molar-refractivity contribution in [1.29, 1.82) is 0 Å². The summed E-state index contributed by atoms with van der Waals surface area (Å²) in [6, 6.07) is 6.54. The van der Waals surface area contributed by atoms with Gasteiger partial charge in [-0.1, -0.05) is 6.07 Å². The summed E-state index contributed by atoms with van der Waals surface area (Å²) in [6.07, 6.45) is 6.28. The molecule has 1 unspecified atom stereocenters. The first-order chi connectivity index (χ1) is 17.0. The average molecular weight is 478 g/mol. The number of fused-ring (bicyclic) bond motifs is 2. The topological polar surface area (TPSA) is 98.6 Å². The molecule has 9 heteroatoms. The number of nitrogens with one attached hydrogen (secondary N) is 1. The smallest absolute Gasteiger partial charge is 0.343 e. The van der Waals surface area contributed by atoms with Crippen molar-refractivity contribution in [3.8, 4) is 5.69 Å². The number of nitrogens with zero attached hydrogens (tertiary/aromatic N) is 4. The minimum absolute atomic E-state index is 0.0231. The molecule has 9 nitrogen and oxygen atoms in total. The minimum atomic E-state index is -0.643. The van der Waals surface area contributed by atoms with Crippen LogP contribution in [-0.4, -0.2) is 70.9 Å². The van der Waals surface area contributed by atoms with Crippen LogP contribution >= 0.6 is 0 Å². The molecule has 3 heterocycles. The van der Waals surface area contributed by atoms with Crippen molar-refractivity contribution in [2.45, 2.75) is 39.2 Å². The molecule has 1 N–H and O–H groups in total. The average Bonchev–Trinajstić information content (AvgIpc) is 3.36. The number of rotatable bonds is 7. The van der Waals surface area contributed by atoms with Crippen LogP contribution in [0.3, 0.4) is 0 Å². The number of pyridine rings is 1. The molecule has 184 valence electrons. The number of hydrogen-bond donors (Lipinski definition) is 1. The standard InChI is InChI=1S/C26H31N5O4/c1-3-35-25(33)22-16-31(20-8-7-18-5-4-6-19(18)13-20)24-21(23(22)32)15-28-26(29-24)27-14-17(2)30-9-11-34-12-10-30/h7-8,13,15-17H,3-6,9-12,14H2,1-2H3,(H,27,28,29). The number of aromatic nitrogens is 3. The molecule has 0 amide bonds. The Labute approximate surface area is 204 Å². The third kappa shape index (κ3) is 4.78. The SMILES string of the molecule is CCOC(=O)c1cn(-c2ccc3c(c2)CCC3)c2nc(NCC(C)N3CCOCC3)ncc2c1=O. The third-order valence-corrected chi connectivity index (χ3v) is 6.82. The van der Waals surface area contributed by atoms with E-state index in [0.717, 1.165) is 51.3 Å². The van der Waals surface area contributed by atoms with Crippen LogP contribution in [-0.2, 0) is 22.3 Å². The molecule has 0 radical (unpaired) electrons. The summed E-state index contributed by atoms with van der Waals surface area (Å²) in [7, 11) is 0. The largest absolute Gasteiger partial charge is 0.462 e. The third-order valence-electron chi connectivity index (χ3n) is 6.82. The van der Waals surface area contributed by atoms with Crippen LogP contribution in [0.1, 0.15) is 41.8 Å². The summed E-state index contributed by atoms with van der Waals surface area (Å²) < 4.78 is 12.4. The molecule has 3 aromatic rings. The molecule has 0 bridgehead atoms. The highest BCUT2D eigenvalue weighted by Gasteiger charge is 2.21. The summed E-state index contributed by atoms with van der Waals surface area (Å²) in [5, 5.41) is 3.60. The van der Waals surface area contributed by atoms with E-state index < -0.39 is 11.4 Å². The Kier molecular flexibility index (Phi) is 6.79. The van der Waals surface area contributed by atoms with Crippen molar-refractivity contribution in [2.75, 3.05) is 44.8 Å². The highest BCUT2D eigenvalue weighted by atomic mass is 16.5. The van der Waals surface area contributed by atoms with E-state index in [-0.39, 0.29) is 23.6 Å². The second-order valence-corrected chi connectivity index (χ2v) is 9.08. The summed E-state index contributed by atoms with van der Waals surface area (Å²) >= 11 is 0. The van der Waals surface area contributed by atoms with Crippen molar-refractivity contribution in [3.05, 3.63) is 57.5 Å². The van der Waals surface area contributed by atoms with E-state index in [9.17, 15) is 9.59 Å². The van der Waals surface area contributed by atoms with E-state index >= 15 is 0 Å². The quantitative estimate of drug-likeness (QED) is 0.519. The first-order valence-electron chi connectivity index (χ1n) is 12.3. The summed E-state index contributed by atoms with van der Waals surface area (Å²) in [4.78, 5) is 37.2. The maximum atomic E-state index is 13.2. The van der Waals surface area contributed by atoms with Crippen molar-refractivity contribution in [1.82, 2.24) is 19.4 Å². The molecule has 1 aliphatic carbocycles. The van der Waals surface area contributed by atoms with Gasteiger partial charge in [0.15, 0.2) is 5.65 Å². The molecule has 35 heavy (non-hydrogen) atoms. The van der Waals surface area contributed by atoms with Crippen molar-refractivity contribution >= 4 is 23.0 Å². The van der Waals surface area contributed by atoms with Crippen LogP contribution in [0.2, 0.25) is 0 Å². The molecule has 1 atom stereocenters. The second-order valence-electron chi connectivity index (χ2n) is 9.08. The van der Waals surface area contributed by atoms with Crippen molar-refractivity contribution < 1.29 is 14.3 Å². The maximum absolute atomic E-state index is 13.2. The lowest BCUT2D eigenvalue weighted by Crippen LogP contribution is -2.45. The van der Waals surface area contributed by atoms with Crippen molar-refractivity contribution in [3.63, 3.8) is 0 Å². The van der Waals surface area contributed by atoms with Gasteiger partial charge in [0.2, 0.25) is 11.4 Å². The summed E-state index contributed by atoms with van der Waals surface area (Å²) in [5.41, 5.74) is 3.50. The fraction of sp³-hybridized carbons (Fsp3) is 0.462. The molecule has 1 aromatic carbocycles. The Hall–Kier alpha value is -3.30. The van der Waals surface area contributed by atoms with Gasteiger partial charge in [-0.25, -0.2) is 9.78 Å². The van der Waals surface area contributed by atoms with Crippen LogP contribution in [0.5, 0.6) is 0 Å². The lowest BCUT2D eigenvalue weighted by atomic mass is 10.1. The Balaban J connectivity index is 1.53. The lowest BCUT2D eigenvalue weighted by Gasteiger charge is -2.32. The predicted octanol–water partition coefficient (Wildman–Crippen LogP) is 2.58. The van der Waals surface area contributed by atoms with Crippen LogP contribution in [0.4, 0.5) is 5.95 Å². The van der Waals surface area contributed by atoms with Crippen LogP contribution in [0.25, 0.3) is 16.7 Å². The first-order valence-corrected chi connectivity index (χ1v) is 12.3. The molecule has 5 rings (SSSR count).